The number of halogens is 1. The van der Waals surface area contributed by atoms with Crippen LogP contribution in [0.2, 0.25) is 0 Å². The lowest BCUT2D eigenvalue weighted by molar-refractivity contribution is 0.0915. The Hall–Kier alpha value is -1.59. The second kappa shape index (κ2) is 6.24. The van der Waals surface area contributed by atoms with Crippen molar-refractivity contribution in [3.05, 3.63) is 57.5 Å². The van der Waals surface area contributed by atoms with Gasteiger partial charge in [0.25, 0.3) is 5.91 Å². The zero-order chi connectivity index (χ0) is 14.7. The van der Waals surface area contributed by atoms with E-state index in [1.807, 2.05) is 13.0 Å². The third kappa shape index (κ3) is 3.49. The lowest BCUT2D eigenvalue weighted by atomic mass is 10.1. The first-order valence-corrected chi connectivity index (χ1v) is 7.05. The molecule has 5 heteroatoms. The minimum absolute atomic E-state index is 0.144. The molecule has 1 atom stereocenters. The molecule has 0 aliphatic heterocycles. The summed E-state index contributed by atoms with van der Waals surface area (Å²) in [7, 11) is 0. The van der Waals surface area contributed by atoms with E-state index in [1.165, 1.54) is 0 Å². The highest BCUT2D eigenvalue weighted by Gasteiger charge is 2.15. The SMILES string of the molecule is Cc1cc(C(O)CNC(=O)c2cccc(Br)c2)c(C)o1. The highest BCUT2D eigenvalue weighted by Crippen LogP contribution is 2.21. The van der Waals surface area contributed by atoms with Gasteiger partial charge in [0.15, 0.2) is 0 Å². The average molecular weight is 338 g/mol. The lowest BCUT2D eigenvalue weighted by Crippen LogP contribution is -2.28. The van der Waals surface area contributed by atoms with Gasteiger partial charge in [-0.1, -0.05) is 22.0 Å². The molecule has 0 radical (unpaired) electrons. The number of aliphatic hydroxyl groups is 1. The van der Waals surface area contributed by atoms with Gasteiger partial charge in [0.1, 0.15) is 11.5 Å². The molecular weight excluding hydrogens is 322 g/mol. The maximum Gasteiger partial charge on any atom is 0.251 e. The number of nitrogens with one attached hydrogen (secondary N) is 1. The van der Waals surface area contributed by atoms with Crippen molar-refractivity contribution in [2.24, 2.45) is 0 Å². The molecule has 4 nitrogen and oxygen atoms in total. The number of amides is 1. The van der Waals surface area contributed by atoms with Crippen molar-refractivity contribution in [2.45, 2.75) is 20.0 Å². The predicted octanol–water partition coefficient (Wildman–Crippen LogP) is 3.12. The number of rotatable bonds is 4. The molecule has 2 rings (SSSR count). The predicted molar refractivity (Wildman–Crippen MR) is 79.6 cm³/mol. The topological polar surface area (TPSA) is 62.5 Å². The first kappa shape index (κ1) is 14.8. The van der Waals surface area contributed by atoms with Crippen LogP contribution in [0.5, 0.6) is 0 Å². The van der Waals surface area contributed by atoms with E-state index in [4.69, 9.17) is 4.42 Å². The van der Waals surface area contributed by atoms with E-state index in [2.05, 4.69) is 21.2 Å². The Kier molecular flexibility index (Phi) is 4.62. The molecule has 1 aromatic heterocycles. The van der Waals surface area contributed by atoms with Crippen molar-refractivity contribution in [2.75, 3.05) is 6.54 Å². The summed E-state index contributed by atoms with van der Waals surface area (Å²) < 4.78 is 6.20. The Morgan fingerprint density at radius 2 is 2.15 bits per heavy atom. The Balaban J connectivity index is 1.98. The molecule has 2 aromatic rings. The molecule has 0 spiro atoms. The van der Waals surface area contributed by atoms with Gasteiger partial charge in [-0.2, -0.15) is 0 Å². The van der Waals surface area contributed by atoms with Gasteiger partial charge in [0.05, 0.1) is 6.10 Å². The second-order valence-corrected chi connectivity index (χ2v) is 5.52. The molecule has 0 saturated heterocycles. The molecule has 1 aromatic carbocycles. The molecule has 1 unspecified atom stereocenters. The maximum absolute atomic E-state index is 12.0. The van der Waals surface area contributed by atoms with Gasteiger partial charge in [-0.15, -0.1) is 0 Å². The van der Waals surface area contributed by atoms with E-state index in [1.54, 1.807) is 31.2 Å². The highest BCUT2D eigenvalue weighted by atomic mass is 79.9. The van der Waals surface area contributed by atoms with Crippen molar-refractivity contribution in [1.82, 2.24) is 5.32 Å². The van der Waals surface area contributed by atoms with Crippen molar-refractivity contribution >= 4 is 21.8 Å². The van der Waals surface area contributed by atoms with Crippen LogP contribution in [0.3, 0.4) is 0 Å². The molecule has 0 saturated carbocycles. The van der Waals surface area contributed by atoms with Crippen molar-refractivity contribution in [3.63, 3.8) is 0 Å². The molecule has 0 aliphatic rings. The summed E-state index contributed by atoms with van der Waals surface area (Å²) in [6.45, 7) is 3.76. The Morgan fingerprint density at radius 3 is 2.75 bits per heavy atom. The fourth-order valence-corrected chi connectivity index (χ4v) is 2.41. The number of benzene rings is 1. The number of aliphatic hydroxyl groups excluding tert-OH is 1. The van der Waals surface area contributed by atoms with E-state index in [-0.39, 0.29) is 12.5 Å². The van der Waals surface area contributed by atoms with Crippen molar-refractivity contribution in [1.29, 1.82) is 0 Å². The van der Waals surface area contributed by atoms with Crippen LogP contribution in [0.1, 0.15) is 33.5 Å². The van der Waals surface area contributed by atoms with Gasteiger partial charge in [-0.3, -0.25) is 4.79 Å². The molecule has 20 heavy (non-hydrogen) atoms. The van der Waals surface area contributed by atoms with Crippen LogP contribution in [-0.2, 0) is 0 Å². The van der Waals surface area contributed by atoms with Crippen LogP contribution in [-0.4, -0.2) is 17.6 Å². The van der Waals surface area contributed by atoms with Crippen LogP contribution < -0.4 is 5.32 Å². The van der Waals surface area contributed by atoms with E-state index in [0.29, 0.717) is 16.9 Å². The van der Waals surface area contributed by atoms with Gasteiger partial charge in [0, 0.05) is 22.1 Å². The molecular formula is C15H16BrNO3. The van der Waals surface area contributed by atoms with Crippen LogP contribution in [0, 0.1) is 13.8 Å². The first-order valence-electron chi connectivity index (χ1n) is 6.26. The molecule has 0 aliphatic carbocycles. The number of aryl methyl sites for hydroxylation is 2. The monoisotopic (exact) mass is 337 g/mol. The molecule has 2 N–H and O–H groups in total. The summed E-state index contributed by atoms with van der Waals surface area (Å²) in [5, 5.41) is 12.8. The fourth-order valence-electron chi connectivity index (χ4n) is 2.01. The minimum Gasteiger partial charge on any atom is -0.466 e. The smallest absolute Gasteiger partial charge is 0.251 e. The average Bonchev–Trinajstić information content (AvgIpc) is 2.74. The van der Waals surface area contributed by atoms with Crippen molar-refractivity contribution in [3.8, 4) is 0 Å². The van der Waals surface area contributed by atoms with Crippen molar-refractivity contribution < 1.29 is 14.3 Å². The van der Waals surface area contributed by atoms with Gasteiger partial charge in [-0.25, -0.2) is 0 Å². The fraction of sp³-hybridized carbons (Fsp3) is 0.267. The largest absolute Gasteiger partial charge is 0.466 e. The zero-order valence-corrected chi connectivity index (χ0v) is 12.9. The van der Waals surface area contributed by atoms with E-state index >= 15 is 0 Å². The van der Waals surface area contributed by atoms with Crippen LogP contribution >= 0.6 is 15.9 Å². The summed E-state index contributed by atoms with van der Waals surface area (Å²) in [6, 6.07) is 8.88. The zero-order valence-electron chi connectivity index (χ0n) is 11.3. The second-order valence-electron chi connectivity index (χ2n) is 4.60. The Morgan fingerprint density at radius 1 is 1.40 bits per heavy atom. The minimum atomic E-state index is -0.774. The highest BCUT2D eigenvalue weighted by molar-refractivity contribution is 9.10. The van der Waals surface area contributed by atoms with Gasteiger partial charge in [-0.05, 0) is 38.1 Å². The van der Waals surface area contributed by atoms with E-state index in [0.717, 1.165) is 10.2 Å². The standard InChI is InChI=1S/C15H16BrNO3/c1-9-6-13(10(2)20-9)14(18)8-17-15(19)11-4-3-5-12(16)7-11/h3-7,14,18H,8H2,1-2H3,(H,17,19). The molecule has 106 valence electrons. The first-order chi connectivity index (χ1) is 9.47. The van der Waals surface area contributed by atoms with Crippen LogP contribution in [0.4, 0.5) is 0 Å². The Bertz CT molecular complexity index is 621. The molecule has 1 amide bonds. The van der Waals surface area contributed by atoms with Gasteiger partial charge < -0.3 is 14.8 Å². The summed E-state index contributed by atoms with van der Waals surface area (Å²) in [5.74, 6) is 1.20. The normalized spacial score (nSPS) is 12.2. The van der Waals surface area contributed by atoms with Crippen LogP contribution in [0.25, 0.3) is 0 Å². The summed E-state index contributed by atoms with van der Waals surface area (Å²) in [4.78, 5) is 12.0. The maximum atomic E-state index is 12.0. The molecule has 0 bridgehead atoms. The summed E-state index contributed by atoms with van der Waals surface area (Å²) >= 11 is 3.32. The van der Waals surface area contributed by atoms with E-state index in [9.17, 15) is 9.90 Å². The summed E-state index contributed by atoms with van der Waals surface area (Å²) in [6.07, 6.45) is -0.774. The van der Waals surface area contributed by atoms with Gasteiger partial charge >= 0.3 is 0 Å². The lowest BCUT2D eigenvalue weighted by Gasteiger charge is -2.11. The van der Waals surface area contributed by atoms with Gasteiger partial charge in [0.2, 0.25) is 0 Å². The molecule has 0 fully saturated rings. The number of carbonyl (C=O) groups is 1. The quantitative estimate of drug-likeness (QED) is 0.900. The summed E-state index contributed by atoms with van der Waals surface area (Å²) in [5.41, 5.74) is 1.25. The third-order valence-electron chi connectivity index (χ3n) is 2.98. The number of carbonyl (C=O) groups excluding carboxylic acids is 1. The number of hydrogen-bond acceptors (Lipinski definition) is 3. The molecule has 1 heterocycles. The third-order valence-corrected chi connectivity index (χ3v) is 3.47. The van der Waals surface area contributed by atoms with Crippen LogP contribution in [0.15, 0.2) is 39.2 Å². The number of hydrogen-bond donors (Lipinski definition) is 2. The number of furan rings is 1. The van der Waals surface area contributed by atoms with E-state index < -0.39 is 6.10 Å². The Labute approximate surface area is 125 Å².